The summed E-state index contributed by atoms with van der Waals surface area (Å²) in [7, 11) is 0. The maximum Gasteiger partial charge on any atom is 0.155 e. The molecule has 2 N–H and O–H groups in total. The number of hydrogen-bond donors (Lipinski definition) is 2. The second-order valence-electron chi connectivity index (χ2n) is 6.13. The fraction of sp³-hybridized carbons (Fsp3) is 0.333. The minimum atomic E-state index is 0.276. The van der Waals surface area contributed by atoms with Crippen LogP contribution in [0.3, 0.4) is 0 Å². The van der Waals surface area contributed by atoms with E-state index in [4.69, 9.17) is 0 Å². The number of H-pyrrole nitrogens is 1. The summed E-state index contributed by atoms with van der Waals surface area (Å²) < 4.78 is 0. The average Bonchev–Trinajstić information content (AvgIpc) is 3.24. The first-order valence-corrected chi connectivity index (χ1v) is 7.92. The molecule has 1 fully saturated rings. The zero-order valence-corrected chi connectivity index (χ0v) is 12.8. The van der Waals surface area contributed by atoms with Crippen LogP contribution in [0.1, 0.15) is 25.3 Å². The van der Waals surface area contributed by atoms with Crippen molar-refractivity contribution in [3.8, 4) is 11.1 Å². The Morgan fingerprint density at radius 1 is 1.27 bits per heavy atom. The number of benzene rings is 1. The van der Waals surface area contributed by atoms with E-state index in [1.807, 2.05) is 12.4 Å². The molecule has 0 spiro atoms. The van der Waals surface area contributed by atoms with E-state index in [1.165, 1.54) is 29.5 Å². The molecule has 0 bridgehead atoms. The monoisotopic (exact) mass is 292 g/mol. The van der Waals surface area contributed by atoms with Gasteiger partial charge in [0.15, 0.2) is 5.65 Å². The summed E-state index contributed by atoms with van der Waals surface area (Å²) >= 11 is 0. The van der Waals surface area contributed by atoms with Gasteiger partial charge in [0.25, 0.3) is 0 Å². The number of aromatic amines is 1. The van der Waals surface area contributed by atoms with Gasteiger partial charge in [-0.05, 0) is 42.1 Å². The number of nitrogens with zero attached hydrogens (tertiary/aromatic N) is 2. The smallest absolute Gasteiger partial charge is 0.155 e. The topological polar surface area (TPSA) is 53.6 Å². The lowest BCUT2D eigenvalue weighted by Gasteiger charge is -2.27. The van der Waals surface area contributed by atoms with E-state index >= 15 is 0 Å². The molecule has 1 atom stereocenters. The van der Waals surface area contributed by atoms with E-state index in [0.717, 1.165) is 24.1 Å². The number of rotatable bonds is 3. The second-order valence-corrected chi connectivity index (χ2v) is 6.13. The fourth-order valence-corrected chi connectivity index (χ4v) is 3.62. The van der Waals surface area contributed by atoms with Gasteiger partial charge in [0, 0.05) is 23.5 Å². The van der Waals surface area contributed by atoms with Crippen LogP contribution in [0.4, 0.5) is 0 Å². The van der Waals surface area contributed by atoms with Crippen LogP contribution in [0.2, 0.25) is 0 Å². The van der Waals surface area contributed by atoms with Gasteiger partial charge in [-0.2, -0.15) is 5.10 Å². The van der Waals surface area contributed by atoms with Crippen LogP contribution in [0.15, 0.2) is 42.7 Å². The summed E-state index contributed by atoms with van der Waals surface area (Å²) in [5.74, 6) is 0. The molecular weight excluding hydrogens is 272 g/mol. The Morgan fingerprint density at radius 3 is 3.05 bits per heavy atom. The molecule has 2 aromatic heterocycles. The first kappa shape index (κ1) is 13.5. The summed E-state index contributed by atoms with van der Waals surface area (Å²) in [4.78, 5) is 4.33. The van der Waals surface area contributed by atoms with E-state index in [1.54, 1.807) is 0 Å². The Kier molecular flexibility index (Phi) is 3.19. The van der Waals surface area contributed by atoms with Crippen LogP contribution in [0.5, 0.6) is 0 Å². The highest BCUT2D eigenvalue weighted by Gasteiger charge is 2.33. The van der Waals surface area contributed by atoms with E-state index < -0.39 is 0 Å². The van der Waals surface area contributed by atoms with Crippen molar-refractivity contribution in [3.63, 3.8) is 0 Å². The van der Waals surface area contributed by atoms with E-state index in [0.29, 0.717) is 0 Å². The third-order valence-corrected chi connectivity index (χ3v) is 5.06. The summed E-state index contributed by atoms with van der Waals surface area (Å²) in [6.45, 7) is 4.48. The molecule has 1 aliphatic rings. The van der Waals surface area contributed by atoms with Gasteiger partial charge in [-0.15, -0.1) is 0 Å². The number of pyridine rings is 1. The number of hydrogen-bond acceptors (Lipinski definition) is 3. The average molecular weight is 292 g/mol. The molecule has 22 heavy (non-hydrogen) atoms. The van der Waals surface area contributed by atoms with E-state index in [9.17, 15) is 0 Å². The van der Waals surface area contributed by atoms with Crippen molar-refractivity contribution in [2.75, 3.05) is 13.1 Å². The zero-order valence-electron chi connectivity index (χ0n) is 12.8. The molecule has 0 saturated carbocycles. The second kappa shape index (κ2) is 5.21. The fourth-order valence-electron chi connectivity index (χ4n) is 3.62. The van der Waals surface area contributed by atoms with Crippen LogP contribution in [-0.4, -0.2) is 28.3 Å². The zero-order chi connectivity index (χ0) is 15.0. The van der Waals surface area contributed by atoms with Crippen molar-refractivity contribution in [2.45, 2.75) is 25.2 Å². The summed E-state index contributed by atoms with van der Waals surface area (Å²) in [5.41, 5.74) is 4.99. The van der Waals surface area contributed by atoms with Crippen molar-refractivity contribution >= 4 is 11.0 Å². The van der Waals surface area contributed by atoms with E-state index in [2.05, 4.69) is 57.8 Å². The lowest BCUT2D eigenvalue weighted by Crippen LogP contribution is -2.27. The predicted octanol–water partition coefficient (Wildman–Crippen LogP) is 3.27. The molecule has 112 valence electrons. The molecule has 1 aromatic carbocycles. The van der Waals surface area contributed by atoms with Crippen molar-refractivity contribution in [1.82, 2.24) is 20.5 Å². The van der Waals surface area contributed by atoms with Crippen molar-refractivity contribution < 1.29 is 0 Å². The SMILES string of the molecule is CCC1(c2cccc(-c3ccnc4[nH]ncc34)c2)CCNC1. The highest BCUT2D eigenvalue weighted by atomic mass is 15.1. The van der Waals surface area contributed by atoms with Crippen LogP contribution < -0.4 is 5.32 Å². The first-order valence-electron chi connectivity index (χ1n) is 7.92. The first-order chi connectivity index (χ1) is 10.8. The van der Waals surface area contributed by atoms with Gasteiger partial charge in [0.1, 0.15) is 0 Å². The number of aromatic nitrogens is 3. The summed E-state index contributed by atoms with van der Waals surface area (Å²) in [6.07, 6.45) is 6.08. The standard InChI is InChI=1S/C18H20N4/c1-2-18(7-9-19-12-18)14-5-3-4-13(10-14)15-6-8-20-17-16(15)11-21-22-17/h3-6,8,10-11,19H,2,7,9,12H2,1H3,(H,20,21,22). The van der Waals surface area contributed by atoms with Crippen LogP contribution >= 0.6 is 0 Å². The molecule has 4 heteroatoms. The summed E-state index contributed by atoms with van der Waals surface area (Å²) in [6, 6.07) is 11.0. The van der Waals surface area contributed by atoms with Crippen LogP contribution in [0.25, 0.3) is 22.2 Å². The number of fused-ring (bicyclic) bond motifs is 1. The van der Waals surface area contributed by atoms with Gasteiger partial charge in [-0.25, -0.2) is 4.98 Å². The van der Waals surface area contributed by atoms with Gasteiger partial charge in [-0.1, -0.05) is 31.2 Å². The molecule has 4 rings (SSSR count). The van der Waals surface area contributed by atoms with Crippen molar-refractivity contribution in [2.24, 2.45) is 0 Å². The minimum Gasteiger partial charge on any atom is -0.316 e. The molecule has 1 saturated heterocycles. The van der Waals surface area contributed by atoms with E-state index in [-0.39, 0.29) is 5.41 Å². The molecule has 1 unspecified atom stereocenters. The molecule has 3 heterocycles. The summed E-state index contributed by atoms with van der Waals surface area (Å²) in [5, 5.41) is 11.7. The van der Waals surface area contributed by atoms with Gasteiger partial charge < -0.3 is 5.32 Å². The largest absolute Gasteiger partial charge is 0.316 e. The molecule has 1 aliphatic heterocycles. The maximum atomic E-state index is 4.33. The Balaban J connectivity index is 1.84. The lowest BCUT2D eigenvalue weighted by molar-refractivity contribution is 0.454. The molecule has 3 aromatic rings. The molecule has 0 radical (unpaired) electrons. The quantitative estimate of drug-likeness (QED) is 0.779. The minimum absolute atomic E-state index is 0.276. The lowest BCUT2D eigenvalue weighted by atomic mass is 9.76. The highest BCUT2D eigenvalue weighted by molar-refractivity contribution is 5.92. The van der Waals surface area contributed by atoms with Gasteiger partial charge >= 0.3 is 0 Å². The number of nitrogens with one attached hydrogen (secondary N) is 2. The third kappa shape index (κ3) is 2.03. The van der Waals surface area contributed by atoms with Gasteiger partial charge in [0.2, 0.25) is 0 Å². The van der Waals surface area contributed by atoms with Crippen molar-refractivity contribution in [1.29, 1.82) is 0 Å². The molecule has 4 nitrogen and oxygen atoms in total. The normalized spacial score (nSPS) is 21.5. The van der Waals surface area contributed by atoms with Crippen molar-refractivity contribution in [3.05, 3.63) is 48.3 Å². The molecular formula is C18H20N4. The third-order valence-electron chi connectivity index (χ3n) is 5.06. The Labute approximate surface area is 130 Å². The van der Waals surface area contributed by atoms with Gasteiger partial charge in [-0.3, -0.25) is 5.10 Å². The Bertz CT molecular complexity index is 799. The predicted molar refractivity (Wildman–Crippen MR) is 88.8 cm³/mol. The van der Waals surface area contributed by atoms with Crippen LogP contribution in [-0.2, 0) is 5.41 Å². The maximum absolute atomic E-state index is 4.33. The van der Waals surface area contributed by atoms with Crippen LogP contribution in [0, 0.1) is 0 Å². The Hall–Kier alpha value is -2.20. The Morgan fingerprint density at radius 2 is 2.23 bits per heavy atom. The molecule has 0 amide bonds. The van der Waals surface area contributed by atoms with Gasteiger partial charge in [0.05, 0.1) is 6.20 Å². The highest BCUT2D eigenvalue weighted by Crippen LogP contribution is 2.36. The molecule has 0 aliphatic carbocycles.